The number of rotatable bonds is 7. The van der Waals surface area contributed by atoms with Crippen molar-refractivity contribution in [3.63, 3.8) is 0 Å². The Labute approximate surface area is 160 Å². The van der Waals surface area contributed by atoms with Gasteiger partial charge in [0.2, 0.25) is 11.8 Å². The van der Waals surface area contributed by atoms with E-state index >= 15 is 0 Å². The third-order valence-corrected chi connectivity index (χ3v) is 5.19. The molecule has 0 spiro atoms. The molecule has 0 saturated heterocycles. The van der Waals surface area contributed by atoms with Gasteiger partial charge in [-0.1, -0.05) is 52.0 Å². The van der Waals surface area contributed by atoms with Crippen molar-refractivity contribution in [1.29, 1.82) is 0 Å². The van der Waals surface area contributed by atoms with Gasteiger partial charge in [-0.15, -0.1) is 0 Å². The molecule has 0 radical (unpaired) electrons. The summed E-state index contributed by atoms with van der Waals surface area (Å²) in [5.74, 6) is -1.56. The van der Waals surface area contributed by atoms with Gasteiger partial charge in [0.1, 0.15) is 12.1 Å². The number of nitrogens with zero attached hydrogens (tertiary/aromatic N) is 1. The predicted octanol–water partition coefficient (Wildman–Crippen LogP) is 2.60. The number of carbonyl (C=O) groups excluding carboxylic acids is 2. The summed E-state index contributed by atoms with van der Waals surface area (Å²) >= 11 is 0. The molecule has 1 aromatic rings. The van der Waals surface area contributed by atoms with Crippen molar-refractivity contribution in [2.45, 2.75) is 65.6 Å². The normalized spacial score (nSPS) is 18.6. The lowest BCUT2D eigenvalue weighted by atomic mass is 9.91. The molecule has 1 aliphatic rings. The molecule has 27 heavy (non-hydrogen) atoms. The minimum Gasteiger partial charge on any atom is -0.480 e. The van der Waals surface area contributed by atoms with E-state index in [2.05, 4.69) is 5.32 Å². The van der Waals surface area contributed by atoms with E-state index in [1.54, 1.807) is 4.90 Å². The van der Waals surface area contributed by atoms with Gasteiger partial charge in [-0.05, 0) is 29.9 Å². The molecule has 0 aromatic heterocycles. The Morgan fingerprint density at radius 1 is 1.19 bits per heavy atom. The van der Waals surface area contributed by atoms with Gasteiger partial charge >= 0.3 is 5.97 Å². The molecule has 0 fully saturated rings. The highest BCUT2D eigenvalue weighted by Crippen LogP contribution is 2.26. The van der Waals surface area contributed by atoms with Crippen molar-refractivity contribution in [2.75, 3.05) is 0 Å². The molecule has 6 nitrogen and oxygen atoms in total. The number of nitrogens with one attached hydrogen (secondary N) is 1. The Balaban J connectivity index is 2.27. The molecule has 6 heteroatoms. The van der Waals surface area contributed by atoms with Crippen molar-refractivity contribution < 1.29 is 19.5 Å². The highest BCUT2D eigenvalue weighted by molar-refractivity contribution is 5.91. The molecule has 0 aliphatic carbocycles. The Morgan fingerprint density at radius 2 is 1.81 bits per heavy atom. The number of benzene rings is 1. The van der Waals surface area contributed by atoms with E-state index in [9.17, 15) is 19.5 Å². The van der Waals surface area contributed by atoms with E-state index in [1.165, 1.54) is 0 Å². The summed E-state index contributed by atoms with van der Waals surface area (Å²) < 4.78 is 0. The second-order valence-corrected chi connectivity index (χ2v) is 7.79. The van der Waals surface area contributed by atoms with Crippen LogP contribution in [0.1, 0.15) is 51.7 Å². The fourth-order valence-corrected chi connectivity index (χ4v) is 3.41. The maximum Gasteiger partial charge on any atom is 0.326 e. The molecule has 1 aromatic carbocycles. The number of fused-ring (bicyclic) bond motifs is 1. The first-order valence-corrected chi connectivity index (χ1v) is 9.65. The number of aliphatic carboxylic acids is 1. The lowest BCUT2D eigenvalue weighted by Gasteiger charge is -2.38. The van der Waals surface area contributed by atoms with E-state index in [4.69, 9.17) is 0 Å². The molecule has 2 unspecified atom stereocenters. The van der Waals surface area contributed by atoms with Crippen molar-refractivity contribution in [1.82, 2.24) is 10.2 Å². The second kappa shape index (κ2) is 9.02. The number of carboxylic acids is 1. The van der Waals surface area contributed by atoms with Gasteiger partial charge in [0.05, 0.1) is 0 Å². The molecule has 2 amide bonds. The van der Waals surface area contributed by atoms with Crippen LogP contribution in [0.3, 0.4) is 0 Å². The van der Waals surface area contributed by atoms with E-state index < -0.39 is 24.0 Å². The monoisotopic (exact) mass is 374 g/mol. The summed E-state index contributed by atoms with van der Waals surface area (Å²) in [5.41, 5.74) is 2.07. The Hall–Kier alpha value is -2.37. The largest absolute Gasteiger partial charge is 0.480 e. The average Bonchev–Trinajstić information content (AvgIpc) is 2.64. The number of hydrogen-bond acceptors (Lipinski definition) is 3. The van der Waals surface area contributed by atoms with Crippen molar-refractivity contribution in [3.05, 3.63) is 35.4 Å². The second-order valence-electron chi connectivity index (χ2n) is 7.79. The molecular weight excluding hydrogens is 344 g/mol. The summed E-state index contributed by atoms with van der Waals surface area (Å²) in [4.78, 5) is 39.0. The molecule has 2 N–H and O–H groups in total. The number of carbonyl (C=O) groups is 3. The van der Waals surface area contributed by atoms with Crippen LogP contribution in [0.25, 0.3) is 0 Å². The van der Waals surface area contributed by atoms with Crippen molar-refractivity contribution in [2.24, 2.45) is 11.8 Å². The van der Waals surface area contributed by atoms with Gasteiger partial charge in [-0.2, -0.15) is 0 Å². The van der Waals surface area contributed by atoms with Crippen LogP contribution in [0.4, 0.5) is 0 Å². The van der Waals surface area contributed by atoms with Gasteiger partial charge in [-0.25, -0.2) is 4.79 Å². The van der Waals surface area contributed by atoms with E-state index in [0.29, 0.717) is 25.8 Å². The zero-order valence-electron chi connectivity index (χ0n) is 16.6. The molecule has 1 heterocycles. The molecular formula is C21H30N2O4. The smallest absolute Gasteiger partial charge is 0.326 e. The molecule has 1 aliphatic heterocycles. The van der Waals surface area contributed by atoms with Crippen molar-refractivity contribution in [3.8, 4) is 0 Å². The minimum atomic E-state index is -1.05. The fraction of sp³-hybridized carbons (Fsp3) is 0.571. The quantitative estimate of drug-likeness (QED) is 0.768. The first-order valence-electron chi connectivity index (χ1n) is 9.65. The third-order valence-electron chi connectivity index (χ3n) is 5.19. The SMILES string of the molecule is CCC(C)C(=O)N1Cc2ccccc2CC1C(=O)N[C@H](CC(C)C)C(=O)O. The van der Waals surface area contributed by atoms with Gasteiger partial charge in [0, 0.05) is 18.9 Å². The van der Waals surface area contributed by atoms with Crippen LogP contribution in [0, 0.1) is 11.8 Å². The minimum absolute atomic E-state index is 0.0668. The number of hydrogen-bond donors (Lipinski definition) is 2. The van der Waals surface area contributed by atoms with E-state index in [-0.39, 0.29) is 17.7 Å². The van der Waals surface area contributed by atoms with E-state index in [1.807, 2.05) is 52.0 Å². The summed E-state index contributed by atoms with van der Waals surface area (Å²) in [5, 5.41) is 12.1. The number of carboxylic acid groups (broad SMARTS) is 1. The Morgan fingerprint density at radius 3 is 2.37 bits per heavy atom. The van der Waals surface area contributed by atoms with Crippen molar-refractivity contribution >= 4 is 17.8 Å². The summed E-state index contributed by atoms with van der Waals surface area (Å²) in [6.45, 7) is 8.00. The molecule has 148 valence electrons. The van der Waals surface area contributed by atoms with E-state index in [0.717, 1.165) is 11.1 Å². The lowest BCUT2D eigenvalue weighted by molar-refractivity contribution is -0.147. The maximum atomic E-state index is 13.0. The average molecular weight is 374 g/mol. The summed E-state index contributed by atoms with van der Waals surface area (Å²) in [6, 6.07) is 6.14. The van der Waals surface area contributed by atoms with Gasteiger partial charge < -0.3 is 15.3 Å². The third kappa shape index (κ3) is 5.08. The maximum absolute atomic E-state index is 13.0. The standard InChI is InChI=1S/C21H30N2O4/c1-5-14(4)20(25)23-12-16-9-7-6-8-15(16)11-18(23)19(24)22-17(21(26)27)10-13(2)3/h6-9,13-14,17-18H,5,10-12H2,1-4H3,(H,22,24)(H,26,27)/t14?,17-,18?/m1/s1. The topological polar surface area (TPSA) is 86.7 Å². The van der Waals surface area contributed by atoms with Crippen LogP contribution in [0.15, 0.2) is 24.3 Å². The summed E-state index contributed by atoms with van der Waals surface area (Å²) in [7, 11) is 0. The van der Waals surface area contributed by atoms with Crippen LogP contribution in [-0.4, -0.2) is 39.9 Å². The Bertz CT molecular complexity index is 701. The van der Waals surface area contributed by atoms with Crippen LogP contribution in [0.2, 0.25) is 0 Å². The summed E-state index contributed by atoms with van der Waals surface area (Å²) in [6.07, 6.45) is 1.44. The van der Waals surface area contributed by atoms with Crippen LogP contribution in [-0.2, 0) is 27.3 Å². The predicted molar refractivity (Wildman–Crippen MR) is 103 cm³/mol. The van der Waals surface area contributed by atoms with Crippen LogP contribution < -0.4 is 5.32 Å². The highest BCUT2D eigenvalue weighted by atomic mass is 16.4. The van der Waals surface area contributed by atoms with Crippen LogP contribution >= 0.6 is 0 Å². The molecule has 3 atom stereocenters. The van der Waals surface area contributed by atoms with Gasteiger partial charge in [0.15, 0.2) is 0 Å². The zero-order valence-corrected chi connectivity index (χ0v) is 16.6. The number of amides is 2. The molecule has 0 bridgehead atoms. The highest BCUT2D eigenvalue weighted by Gasteiger charge is 2.37. The zero-order chi connectivity index (χ0) is 20.1. The first kappa shape index (κ1) is 20.9. The fourth-order valence-electron chi connectivity index (χ4n) is 3.41. The lowest BCUT2D eigenvalue weighted by Crippen LogP contribution is -2.56. The van der Waals surface area contributed by atoms with Crippen LogP contribution in [0.5, 0.6) is 0 Å². The first-order chi connectivity index (χ1) is 12.7. The van der Waals surface area contributed by atoms with Gasteiger partial charge in [0.25, 0.3) is 0 Å². The Kier molecular flexibility index (Phi) is 6.99. The van der Waals surface area contributed by atoms with Gasteiger partial charge in [-0.3, -0.25) is 9.59 Å². The molecule has 2 rings (SSSR count). The molecule has 0 saturated carbocycles.